The maximum Gasteiger partial charge on any atom is 0.145 e. The first-order chi connectivity index (χ1) is 20.8. The number of ether oxygens (including phenoxy) is 1. The first kappa shape index (κ1) is 23.3. The van der Waals surface area contributed by atoms with E-state index in [0.29, 0.717) is 0 Å². The quantitative estimate of drug-likeness (QED) is 0.252. The minimum absolute atomic E-state index is 0.194. The Bertz CT molecular complexity index is 2120. The van der Waals surface area contributed by atoms with Crippen molar-refractivity contribution < 1.29 is 4.74 Å². The zero-order chi connectivity index (χ0) is 27.7. The number of rotatable bonds is 2. The highest BCUT2D eigenvalue weighted by Gasteiger charge is 2.52. The van der Waals surface area contributed by atoms with Crippen LogP contribution in [0.4, 0.5) is 0 Å². The average molecular weight is 539 g/mol. The highest BCUT2D eigenvalue weighted by atomic mass is 16.5. The summed E-state index contributed by atoms with van der Waals surface area (Å²) in [4.78, 5) is 5.15. The van der Waals surface area contributed by atoms with Gasteiger partial charge in [0.05, 0.1) is 16.5 Å². The summed E-state index contributed by atoms with van der Waals surface area (Å²) in [5.41, 5.74) is 10.3. The Kier molecular flexibility index (Phi) is 4.88. The molecule has 198 valence electrons. The van der Waals surface area contributed by atoms with E-state index in [4.69, 9.17) is 9.73 Å². The molecule has 3 aliphatic rings. The minimum atomic E-state index is -0.547. The van der Waals surface area contributed by atoms with E-state index in [0.717, 1.165) is 44.5 Å². The largest absolute Gasteiger partial charge is 0.457 e. The molecule has 0 saturated heterocycles. The van der Waals surface area contributed by atoms with Gasteiger partial charge in [-0.1, -0.05) is 127 Å². The van der Waals surface area contributed by atoms with Crippen LogP contribution in [0.2, 0.25) is 0 Å². The molecule has 1 aliphatic carbocycles. The molecule has 1 atom stereocenters. The summed E-state index contributed by atoms with van der Waals surface area (Å²) in [6.07, 6.45) is -0.194. The van der Waals surface area contributed by atoms with Gasteiger partial charge in [-0.15, -0.1) is 0 Å². The number of hydrogen-bond donors (Lipinski definition) is 1. The van der Waals surface area contributed by atoms with Crippen LogP contribution < -0.4 is 20.6 Å². The average Bonchev–Trinajstić information content (AvgIpc) is 3.36. The summed E-state index contributed by atoms with van der Waals surface area (Å²) in [5.74, 6) is 1.79. The third kappa shape index (κ3) is 3.08. The molecule has 0 fully saturated rings. The Morgan fingerprint density at radius 2 is 1.12 bits per heavy atom. The van der Waals surface area contributed by atoms with Crippen molar-refractivity contribution in [2.45, 2.75) is 11.6 Å². The number of benzene rings is 6. The van der Waals surface area contributed by atoms with Crippen LogP contribution in [0.15, 0.2) is 151 Å². The molecule has 0 aromatic heterocycles. The number of nitrogens with zero attached hydrogens (tertiary/aromatic N) is 1. The van der Waals surface area contributed by atoms with Gasteiger partial charge in [0.2, 0.25) is 0 Å². The van der Waals surface area contributed by atoms with Gasteiger partial charge in [-0.25, -0.2) is 0 Å². The number of para-hydroxylation sites is 3. The molecule has 42 heavy (non-hydrogen) atoms. The van der Waals surface area contributed by atoms with Gasteiger partial charge in [0.1, 0.15) is 17.7 Å². The van der Waals surface area contributed by atoms with E-state index in [1.54, 1.807) is 0 Å². The van der Waals surface area contributed by atoms with Crippen molar-refractivity contribution in [3.05, 3.63) is 190 Å². The molecule has 9 rings (SSSR count). The lowest BCUT2D eigenvalue weighted by Crippen LogP contribution is -2.41. The zero-order valence-corrected chi connectivity index (χ0v) is 22.8. The summed E-state index contributed by atoms with van der Waals surface area (Å²) >= 11 is 0. The molecule has 1 unspecified atom stereocenters. The van der Waals surface area contributed by atoms with Crippen LogP contribution in [0.3, 0.4) is 0 Å². The van der Waals surface area contributed by atoms with E-state index in [1.165, 1.54) is 27.8 Å². The molecule has 0 radical (unpaired) electrons. The van der Waals surface area contributed by atoms with Gasteiger partial charge in [0.15, 0.2) is 0 Å². The van der Waals surface area contributed by atoms with Crippen molar-refractivity contribution in [3.63, 3.8) is 0 Å². The fraction of sp³-hybridized carbons (Fsp3) is 0.0513. The van der Waals surface area contributed by atoms with Crippen LogP contribution in [-0.4, -0.2) is 0 Å². The van der Waals surface area contributed by atoms with E-state index in [-0.39, 0.29) is 6.17 Å². The summed E-state index contributed by atoms with van der Waals surface area (Å²) in [7, 11) is 0. The Balaban J connectivity index is 1.42. The maximum absolute atomic E-state index is 6.57. The molecule has 6 aromatic carbocycles. The van der Waals surface area contributed by atoms with Crippen molar-refractivity contribution in [3.8, 4) is 22.6 Å². The third-order valence-electron chi connectivity index (χ3n) is 8.97. The Hall–Kier alpha value is -5.41. The van der Waals surface area contributed by atoms with Gasteiger partial charge in [0.25, 0.3) is 0 Å². The molecule has 3 nitrogen and oxygen atoms in total. The molecule has 6 aromatic rings. The Labute approximate surface area is 244 Å². The standard InChI is InChI=1S/C39H26N2O/c1-2-13-25(14-3-1)38-40-33-22-9-5-16-28(33)37(41-38)29-18-12-17-27-26-15-4-6-19-30(26)39(36(27)29)31-20-7-10-23-34(31)42-35-24-11-8-21-32(35)39/h1-24,38,41H. The molecule has 0 amide bonds. The fourth-order valence-electron chi connectivity index (χ4n) is 7.32. The summed E-state index contributed by atoms with van der Waals surface area (Å²) in [6.45, 7) is 0. The van der Waals surface area contributed by atoms with Gasteiger partial charge in [-0.3, -0.25) is 4.99 Å². The van der Waals surface area contributed by atoms with Crippen LogP contribution in [0.5, 0.6) is 11.5 Å². The lowest BCUT2D eigenvalue weighted by Gasteiger charge is -2.40. The predicted octanol–water partition coefficient (Wildman–Crippen LogP) is 7.23. The Morgan fingerprint density at radius 1 is 0.524 bits per heavy atom. The van der Waals surface area contributed by atoms with Crippen molar-refractivity contribution in [2.24, 2.45) is 4.99 Å². The van der Waals surface area contributed by atoms with Crippen molar-refractivity contribution >= 4 is 5.70 Å². The molecular weight excluding hydrogens is 512 g/mol. The Morgan fingerprint density at radius 3 is 1.90 bits per heavy atom. The lowest BCUT2D eigenvalue weighted by atomic mass is 9.65. The van der Waals surface area contributed by atoms with Crippen molar-refractivity contribution in [1.82, 2.24) is 5.32 Å². The van der Waals surface area contributed by atoms with Gasteiger partial charge in [-0.2, -0.15) is 0 Å². The van der Waals surface area contributed by atoms with Crippen LogP contribution in [0.1, 0.15) is 39.5 Å². The molecule has 2 aliphatic heterocycles. The maximum atomic E-state index is 6.57. The van der Waals surface area contributed by atoms with Crippen LogP contribution in [-0.2, 0) is 5.41 Å². The van der Waals surface area contributed by atoms with E-state index in [9.17, 15) is 0 Å². The van der Waals surface area contributed by atoms with Crippen molar-refractivity contribution in [2.75, 3.05) is 0 Å². The first-order valence-electron chi connectivity index (χ1n) is 14.4. The van der Waals surface area contributed by atoms with Crippen LogP contribution in [0, 0.1) is 0 Å². The molecular formula is C39H26N2O. The minimum Gasteiger partial charge on any atom is -0.457 e. The molecule has 3 heteroatoms. The summed E-state index contributed by atoms with van der Waals surface area (Å²) in [6, 6.07) is 51.7. The normalized spacial score (nSPS) is 16.6. The molecule has 0 saturated carbocycles. The second-order valence-corrected chi connectivity index (χ2v) is 11.1. The van der Waals surface area contributed by atoms with Gasteiger partial charge >= 0.3 is 0 Å². The summed E-state index contributed by atoms with van der Waals surface area (Å²) in [5, 5.41) is 5.99. The van der Waals surface area contributed by atoms with Crippen LogP contribution >= 0.6 is 0 Å². The smallest absolute Gasteiger partial charge is 0.145 e. The lowest BCUT2D eigenvalue weighted by molar-refractivity contribution is 0.436. The van der Waals surface area contributed by atoms with Gasteiger partial charge in [-0.05, 0) is 46.0 Å². The fourth-order valence-corrected chi connectivity index (χ4v) is 7.32. The van der Waals surface area contributed by atoms with Gasteiger partial charge in [0, 0.05) is 21.9 Å². The van der Waals surface area contributed by atoms with E-state index in [1.807, 2.05) is 0 Å². The monoisotopic (exact) mass is 538 g/mol. The van der Waals surface area contributed by atoms with E-state index >= 15 is 0 Å². The number of hydrogen-bond acceptors (Lipinski definition) is 3. The molecule has 1 N–H and O–H groups in total. The number of fused-ring (bicyclic) bond motifs is 10. The zero-order valence-electron chi connectivity index (χ0n) is 22.8. The van der Waals surface area contributed by atoms with E-state index in [2.05, 4.69) is 151 Å². The molecule has 2 heterocycles. The topological polar surface area (TPSA) is 33.6 Å². The van der Waals surface area contributed by atoms with Crippen molar-refractivity contribution in [1.29, 1.82) is 0 Å². The second-order valence-electron chi connectivity index (χ2n) is 11.1. The molecule has 1 spiro atoms. The van der Waals surface area contributed by atoms with Crippen LogP contribution in [0.25, 0.3) is 16.8 Å². The van der Waals surface area contributed by atoms with Gasteiger partial charge < -0.3 is 10.1 Å². The highest BCUT2D eigenvalue weighted by Crippen LogP contribution is 2.63. The SMILES string of the molecule is c1ccc(C2N=c3ccccc3=C(c3cccc4c3C3(c5ccccc5Oc5ccccc53)c3ccccc3-4)N2)cc1. The molecule has 0 bridgehead atoms. The second kappa shape index (κ2) is 8.79. The third-order valence-corrected chi connectivity index (χ3v) is 8.97. The summed E-state index contributed by atoms with van der Waals surface area (Å²) < 4.78 is 6.57. The first-order valence-corrected chi connectivity index (χ1v) is 14.4. The van der Waals surface area contributed by atoms with E-state index < -0.39 is 5.41 Å². The highest BCUT2D eigenvalue weighted by molar-refractivity contribution is 5.92. The number of nitrogens with one attached hydrogen (secondary N) is 1. The predicted molar refractivity (Wildman–Crippen MR) is 166 cm³/mol.